The van der Waals surface area contributed by atoms with Gasteiger partial charge in [0.05, 0.1) is 6.26 Å². The van der Waals surface area contributed by atoms with Crippen molar-refractivity contribution in [3.63, 3.8) is 0 Å². The molecule has 0 amide bonds. The molecule has 0 saturated carbocycles. The largest absolute Gasteiger partial charge is 0.353 e. The monoisotopic (exact) mass is 325 g/mol. The summed E-state index contributed by atoms with van der Waals surface area (Å²) in [6, 6.07) is 4.29. The van der Waals surface area contributed by atoms with Crippen molar-refractivity contribution in [3.8, 4) is 0 Å². The van der Waals surface area contributed by atoms with E-state index in [1.807, 2.05) is 0 Å². The molecule has 22 heavy (non-hydrogen) atoms. The summed E-state index contributed by atoms with van der Waals surface area (Å²) in [5.74, 6) is 1.43. The van der Waals surface area contributed by atoms with E-state index in [0.29, 0.717) is 19.0 Å². The van der Waals surface area contributed by atoms with Crippen molar-refractivity contribution in [3.05, 3.63) is 24.0 Å². The van der Waals surface area contributed by atoms with Crippen LogP contribution in [0, 0.1) is 11.8 Å². The molecule has 0 radical (unpaired) electrons. The fourth-order valence-electron chi connectivity index (χ4n) is 3.96. The van der Waals surface area contributed by atoms with Gasteiger partial charge in [0.15, 0.2) is 0 Å². The summed E-state index contributed by atoms with van der Waals surface area (Å²) in [7, 11) is -0.901. The van der Waals surface area contributed by atoms with Crippen LogP contribution in [0.4, 0.5) is 0 Å². The van der Waals surface area contributed by atoms with E-state index in [1.165, 1.54) is 24.9 Å². The van der Waals surface area contributed by atoms with Crippen LogP contribution in [0.5, 0.6) is 0 Å². The number of sulfonamides is 1. The van der Waals surface area contributed by atoms with Gasteiger partial charge in [-0.1, -0.05) is 0 Å². The standard InChI is InChI=1S/C16H27N3O2S/c1-17-8-3-4-16(17)13-18-9-5-15(12-18)14-6-10-19(11-7-14)22(2,20)21/h3-4,8,14-15H,5-7,9-13H2,1-2H3. The van der Waals surface area contributed by atoms with Gasteiger partial charge in [0.1, 0.15) is 0 Å². The number of piperidine rings is 1. The first-order chi connectivity index (χ1) is 10.4. The van der Waals surface area contributed by atoms with Crippen LogP contribution in [0.3, 0.4) is 0 Å². The molecule has 1 aromatic rings. The normalized spacial score (nSPS) is 25.8. The number of nitrogens with zero attached hydrogens (tertiary/aromatic N) is 3. The van der Waals surface area contributed by atoms with Crippen molar-refractivity contribution in [2.24, 2.45) is 18.9 Å². The Morgan fingerprint density at radius 1 is 1.14 bits per heavy atom. The van der Waals surface area contributed by atoms with Crippen LogP contribution in [-0.2, 0) is 23.6 Å². The first-order valence-electron chi connectivity index (χ1n) is 8.21. The van der Waals surface area contributed by atoms with E-state index in [-0.39, 0.29) is 0 Å². The minimum atomic E-state index is -3.00. The van der Waals surface area contributed by atoms with Gasteiger partial charge in [0.25, 0.3) is 0 Å². The average molecular weight is 325 g/mol. The van der Waals surface area contributed by atoms with E-state index in [0.717, 1.165) is 31.8 Å². The molecule has 0 aromatic carbocycles. The first kappa shape index (κ1) is 16.0. The third kappa shape index (κ3) is 3.55. The zero-order chi connectivity index (χ0) is 15.7. The second kappa shape index (κ2) is 6.34. The van der Waals surface area contributed by atoms with Crippen LogP contribution in [0.25, 0.3) is 0 Å². The van der Waals surface area contributed by atoms with Crippen molar-refractivity contribution >= 4 is 10.0 Å². The maximum Gasteiger partial charge on any atom is 0.211 e. The maximum absolute atomic E-state index is 11.6. The highest BCUT2D eigenvalue weighted by molar-refractivity contribution is 7.88. The lowest BCUT2D eigenvalue weighted by Crippen LogP contribution is -2.39. The zero-order valence-corrected chi connectivity index (χ0v) is 14.4. The molecular formula is C16H27N3O2S. The van der Waals surface area contributed by atoms with E-state index >= 15 is 0 Å². The van der Waals surface area contributed by atoms with Crippen LogP contribution in [0.2, 0.25) is 0 Å². The van der Waals surface area contributed by atoms with E-state index < -0.39 is 10.0 Å². The molecule has 0 bridgehead atoms. The predicted octanol–water partition coefficient (Wildman–Crippen LogP) is 1.52. The van der Waals surface area contributed by atoms with Gasteiger partial charge in [-0.2, -0.15) is 0 Å². The molecule has 0 aliphatic carbocycles. The summed E-state index contributed by atoms with van der Waals surface area (Å²) in [4.78, 5) is 2.54. The summed E-state index contributed by atoms with van der Waals surface area (Å²) in [6.45, 7) is 4.77. The van der Waals surface area contributed by atoms with E-state index in [2.05, 4.69) is 34.8 Å². The Labute approximate surface area is 133 Å². The molecule has 0 spiro atoms. The number of rotatable bonds is 4. The Hall–Kier alpha value is -0.850. The summed E-state index contributed by atoms with van der Waals surface area (Å²) < 4.78 is 27.0. The van der Waals surface area contributed by atoms with Crippen LogP contribution in [0.1, 0.15) is 25.0 Å². The third-order valence-corrected chi connectivity index (χ3v) is 6.68. The Balaban J connectivity index is 1.50. The molecule has 1 atom stereocenters. The highest BCUT2D eigenvalue weighted by Crippen LogP contribution is 2.32. The lowest BCUT2D eigenvalue weighted by molar-refractivity contribution is 0.201. The van der Waals surface area contributed by atoms with Crippen molar-refractivity contribution in [1.29, 1.82) is 0 Å². The molecule has 2 saturated heterocycles. The Bertz CT molecular complexity index is 603. The fraction of sp³-hybridized carbons (Fsp3) is 0.750. The topological polar surface area (TPSA) is 45.5 Å². The Kier molecular flexibility index (Phi) is 4.61. The van der Waals surface area contributed by atoms with Gasteiger partial charge in [-0.15, -0.1) is 0 Å². The molecule has 0 N–H and O–H groups in total. The highest BCUT2D eigenvalue weighted by Gasteiger charge is 2.33. The van der Waals surface area contributed by atoms with Crippen molar-refractivity contribution in [2.75, 3.05) is 32.4 Å². The Morgan fingerprint density at radius 2 is 1.82 bits per heavy atom. The van der Waals surface area contributed by atoms with Gasteiger partial charge in [-0.05, 0) is 49.8 Å². The summed E-state index contributed by atoms with van der Waals surface area (Å²) >= 11 is 0. The van der Waals surface area contributed by atoms with Crippen molar-refractivity contribution < 1.29 is 8.42 Å². The van der Waals surface area contributed by atoms with Gasteiger partial charge in [-0.25, -0.2) is 12.7 Å². The van der Waals surface area contributed by atoms with Gasteiger partial charge in [-0.3, -0.25) is 4.90 Å². The number of hydrogen-bond acceptors (Lipinski definition) is 3. The average Bonchev–Trinajstić information content (AvgIpc) is 3.09. The molecule has 2 aliphatic heterocycles. The number of hydrogen-bond donors (Lipinski definition) is 0. The van der Waals surface area contributed by atoms with Crippen molar-refractivity contribution in [1.82, 2.24) is 13.8 Å². The van der Waals surface area contributed by atoms with Crippen LogP contribution < -0.4 is 0 Å². The van der Waals surface area contributed by atoms with Gasteiger partial charge in [0.2, 0.25) is 10.0 Å². The minimum Gasteiger partial charge on any atom is -0.353 e. The lowest BCUT2D eigenvalue weighted by atomic mass is 9.84. The molecule has 124 valence electrons. The zero-order valence-electron chi connectivity index (χ0n) is 13.6. The van der Waals surface area contributed by atoms with E-state index in [9.17, 15) is 8.42 Å². The summed E-state index contributed by atoms with van der Waals surface area (Å²) in [5.41, 5.74) is 1.37. The third-order valence-electron chi connectivity index (χ3n) is 5.38. The second-order valence-electron chi connectivity index (χ2n) is 6.89. The van der Waals surface area contributed by atoms with Gasteiger partial charge in [0, 0.05) is 45.1 Å². The molecule has 6 heteroatoms. The molecule has 2 fully saturated rings. The lowest BCUT2D eigenvalue weighted by Gasteiger charge is -2.33. The van der Waals surface area contributed by atoms with Gasteiger partial charge >= 0.3 is 0 Å². The fourth-order valence-corrected chi connectivity index (χ4v) is 4.83. The number of aryl methyl sites for hydroxylation is 1. The number of likely N-dealkylation sites (tertiary alicyclic amines) is 1. The first-order valence-corrected chi connectivity index (χ1v) is 10.1. The summed E-state index contributed by atoms with van der Waals surface area (Å²) in [5, 5.41) is 0. The van der Waals surface area contributed by atoms with E-state index in [4.69, 9.17) is 0 Å². The smallest absolute Gasteiger partial charge is 0.211 e. The molecule has 3 heterocycles. The second-order valence-corrected chi connectivity index (χ2v) is 8.88. The summed E-state index contributed by atoms with van der Waals surface area (Å²) in [6.07, 6.45) is 6.73. The minimum absolute atomic E-state index is 0.691. The predicted molar refractivity (Wildman–Crippen MR) is 87.9 cm³/mol. The molecule has 5 nitrogen and oxygen atoms in total. The molecule has 2 aliphatic rings. The van der Waals surface area contributed by atoms with Crippen LogP contribution in [0.15, 0.2) is 18.3 Å². The SMILES string of the molecule is Cn1cccc1CN1CCC(C2CCN(S(C)(=O)=O)CC2)C1. The van der Waals surface area contributed by atoms with Crippen LogP contribution in [-0.4, -0.2) is 54.6 Å². The van der Waals surface area contributed by atoms with Crippen molar-refractivity contribution in [2.45, 2.75) is 25.8 Å². The Morgan fingerprint density at radius 3 is 2.41 bits per heavy atom. The molecular weight excluding hydrogens is 298 g/mol. The van der Waals surface area contributed by atoms with Gasteiger partial charge < -0.3 is 4.57 Å². The quantitative estimate of drug-likeness (QED) is 0.843. The highest BCUT2D eigenvalue weighted by atomic mass is 32.2. The number of aromatic nitrogens is 1. The van der Waals surface area contributed by atoms with E-state index in [1.54, 1.807) is 4.31 Å². The maximum atomic E-state index is 11.6. The molecule has 1 unspecified atom stereocenters. The molecule has 1 aromatic heterocycles. The molecule has 3 rings (SSSR count). The van der Waals surface area contributed by atoms with Crippen LogP contribution >= 0.6 is 0 Å².